The monoisotopic (exact) mass is 226 g/mol. The van der Waals surface area contributed by atoms with E-state index in [9.17, 15) is 0 Å². The van der Waals surface area contributed by atoms with Crippen molar-refractivity contribution in [3.63, 3.8) is 0 Å². The molecule has 0 radical (unpaired) electrons. The molecule has 1 aromatic rings. The van der Waals surface area contributed by atoms with Crippen molar-refractivity contribution in [1.82, 2.24) is 10.3 Å². The molecule has 2 rings (SSSR count). The van der Waals surface area contributed by atoms with Crippen LogP contribution in [-0.2, 0) is 16.9 Å². The summed E-state index contributed by atoms with van der Waals surface area (Å²) >= 11 is 1.76. The van der Waals surface area contributed by atoms with Crippen molar-refractivity contribution in [2.75, 3.05) is 13.7 Å². The van der Waals surface area contributed by atoms with Crippen LogP contribution in [0.25, 0.3) is 0 Å². The lowest BCUT2D eigenvalue weighted by Gasteiger charge is -2.31. The second-order valence-electron chi connectivity index (χ2n) is 4.20. The molecule has 1 fully saturated rings. The Morgan fingerprint density at radius 1 is 1.60 bits per heavy atom. The number of ether oxygens (including phenoxy) is 1. The molecule has 1 unspecified atom stereocenters. The zero-order valence-corrected chi connectivity index (χ0v) is 10.2. The van der Waals surface area contributed by atoms with Crippen LogP contribution in [0.4, 0.5) is 0 Å². The Kier molecular flexibility index (Phi) is 3.38. The Morgan fingerprint density at radius 3 is 3.13 bits per heavy atom. The van der Waals surface area contributed by atoms with Crippen molar-refractivity contribution in [1.29, 1.82) is 0 Å². The summed E-state index contributed by atoms with van der Waals surface area (Å²) in [5.41, 5.74) is -0.130. The maximum Gasteiger partial charge on any atom is 0.125 e. The SMILES string of the molecule is CNCc1cnc(C2(C)CCCCO2)s1. The van der Waals surface area contributed by atoms with Crippen molar-refractivity contribution in [3.05, 3.63) is 16.1 Å². The average molecular weight is 226 g/mol. The molecular weight excluding hydrogens is 208 g/mol. The number of hydrogen-bond acceptors (Lipinski definition) is 4. The van der Waals surface area contributed by atoms with Gasteiger partial charge in [-0.15, -0.1) is 11.3 Å². The van der Waals surface area contributed by atoms with E-state index in [1.807, 2.05) is 13.2 Å². The summed E-state index contributed by atoms with van der Waals surface area (Å²) in [5.74, 6) is 0. The van der Waals surface area contributed by atoms with Gasteiger partial charge in [-0.3, -0.25) is 0 Å². The minimum absolute atomic E-state index is 0.130. The van der Waals surface area contributed by atoms with Gasteiger partial charge >= 0.3 is 0 Å². The molecule has 0 aliphatic carbocycles. The summed E-state index contributed by atoms with van der Waals surface area (Å²) in [5, 5.41) is 4.27. The number of thiazole rings is 1. The van der Waals surface area contributed by atoms with E-state index in [-0.39, 0.29) is 5.60 Å². The Bertz CT molecular complexity index is 318. The first-order valence-corrected chi connectivity index (χ1v) is 6.30. The first-order chi connectivity index (χ1) is 7.24. The van der Waals surface area contributed by atoms with E-state index >= 15 is 0 Å². The van der Waals surface area contributed by atoms with Crippen LogP contribution in [0, 0.1) is 0 Å². The lowest BCUT2D eigenvalue weighted by atomic mass is 9.97. The zero-order valence-electron chi connectivity index (χ0n) is 9.38. The van der Waals surface area contributed by atoms with Crippen molar-refractivity contribution in [2.45, 2.75) is 38.3 Å². The molecule has 2 heterocycles. The van der Waals surface area contributed by atoms with E-state index in [2.05, 4.69) is 17.2 Å². The first-order valence-electron chi connectivity index (χ1n) is 5.48. The summed E-state index contributed by atoms with van der Waals surface area (Å²) in [7, 11) is 1.96. The zero-order chi connectivity index (χ0) is 10.7. The van der Waals surface area contributed by atoms with E-state index in [0.29, 0.717) is 0 Å². The summed E-state index contributed by atoms with van der Waals surface area (Å²) in [4.78, 5) is 5.76. The summed E-state index contributed by atoms with van der Waals surface area (Å²) in [6.07, 6.45) is 5.49. The molecule has 84 valence electrons. The number of nitrogens with zero attached hydrogens (tertiary/aromatic N) is 1. The number of hydrogen-bond donors (Lipinski definition) is 1. The Morgan fingerprint density at radius 2 is 2.47 bits per heavy atom. The molecule has 1 aliphatic heterocycles. The highest BCUT2D eigenvalue weighted by Gasteiger charge is 2.32. The van der Waals surface area contributed by atoms with E-state index < -0.39 is 0 Å². The molecule has 1 atom stereocenters. The van der Waals surface area contributed by atoms with Gasteiger partial charge in [0.05, 0.1) is 0 Å². The fourth-order valence-electron chi connectivity index (χ4n) is 1.91. The molecule has 1 aliphatic rings. The van der Waals surface area contributed by atoms with E-state index in [4.69, 9.17) is 4.74 Å². The lowest BCUT2D eigenvalue weighted by Crippen LogP contribution is -2.29. The highest BCUT2D eigenvalue weighted by molar-refractivity contribution is 7.11. The Labute approximate surface area is 94.9 Å². The fraction of sp³-hybridized carbons (Fsp3) is 0.727. The summed E-state index contributed by atoms with van der Waals surface area (Å²) in [6, 6.07) is 0. The van der Waals surface area contributed by atoms with Crippen LogP contribution in [0.2, 0.25) is 0 Å². The van der Waals surface area contributed by atoms with Gasteiger partial charge in [0.1, 0.15) is 10.6 Å². The van der Waals surface area contributed by atoms with Crippen molar-refractivity contribution in [2.24, 2.45) is 0 Å². The predicted molar refractivity (Wildman–Crippen MR) is 62.0 cm³/mol. The van der Waals surface area contributed by atoms with Crippen LogP contribution in [0.5, 0.6) is 0 Å². The van der Waals surface area contributed by atoms with Gasteiger partial charge in [0.15, 0.2) is 0 Å². The van der Waals surface area contributed by atoms with Crippen LogP contribution < -0.4 is 5.32 Å². The van der Waals surface area contributed by atoms with E-state index in [1.165, 1.54) is 17.7 Å². The Balaban J connectivity index is 2.12. The van der Waals surface area contributed by atoms with Crippen LogP contribution in [0.15, 0.2) is 6.20 Å². The van der Waals surface area contributed by atoms with Gasteiger partial charge in [0, 0.05) is 24.2 Å². The molecule has 3 nitrogen and oxygen atoms in total. The lowest BCUT2D eigenvalue weighted by molar-refractivity contribution is -0.0702. The van der Waals surface area contributed by atoms with Gasteiger partial charge in [0.25, 0.3) is 0 Å². The normalized spacial score (nSPS) is 26.8. The van der Waals surface area contributed by atoms with Gasteiger partial charge in [-0.1, -0.05) is 0 Å². The molecular formula is C11H18N2OS. The number of nitrogens with one attached hydrogen (secondary N) is 1. The van der Waals surface area contributed by atoms with Crippen LogP contribution in [0.3, 0.4) is 0 Å². The van der Waals surface area contributed by atoms with Gasteiger partial charge in [-0.2, -0.15) is 0 Å². The topological polar surface area (TPSA) is 34.2 Å². The minimum Gasteiger partial charge on any atom is -0.368 e. The average Bonchev–Trinajstić information content (AvgIpc) is 2.69. The minimum atomic E-state index is -0.130. The van der Waals surface area contributed by atoms with Crippen LogP contribution >= 0.6 is 11.3 Å². The molecule has 0 aromatic carbocycles. The molecule has 0 spiro atoms. The molecule has 1 saturated heterocycles. The number of aromatic nitrogens is 1. The largest absolute Gasteiger partial charge is 0.368 e. The second-order valence-corrected chi connectivity index (χ2v) is 5.31. The van der Waals surface area contributed by atoms with Gasteiger partial charge < -0.3 is 10.1 Å². The highest BCUT2D eigenvalue weighted by atomic mass is 32.1. The molecule has 4 heteroatoms. The van der Waals surface area contributed by atoms with E-state index in [0.717, 1.165) is 24.6 Å². The third-order valence-corrected chi connectivity index (χ3v) is 4.07. The molecule has 1 N–H and O–H groups in total. The third-order valence-electron chi connectivity index (χ3n) is 2.83. The van der Waals surface area contributed by atoms with Gasteiger partial charge in [0.2, 0.25) is 0 Å². The summed E-state index contributed by atoms with van der Waals surface area (Å²) < 4.78 is 5.87. The van der Waals surface area contributed by atoms with Crippen molar-refractivity contribution in [3.8, 4) is 0 Å². The molecule has 0 bridgehead atoms. The van der Waals surface area contributed by atoms with Crippen LogP contribution in [-0.4, -0.2) is 18.6 Å². The first kappa shape index (κ1) is 11.0. The fourth-order valence-corrected chi connectivity index (χ4v) is 2.96. The number of rotatable bonds is 3. The molecule has 1 aromatic heterocycles. The molecule has 15 heavy (non-hydrogen) atoms. The summed E-state index contributed by atoms with van der Waals surface area (Å²) in [6.45, 7) is 3.93. The quantitative estimate of drug-likeness (QED) is 0.858. The van der Waals surface area contributed by atoms with Gasteiger partial charge in [-0.25, -0.2) is 4.98 Å². The standard InChI is InChI=1S/C11H18N2OS/c1-11(5-3-4-6-14-11)10-13-8-9(15-10)7-12-2/h8,12H,3-7H2,1-2H3. The van der Waals surface area contributed by atoms with Crippen molar-refractivity contribution < 1.29 is 4.74 Å². The maximum atomic E-state index is 5.87. The third kappa shape index (κ3) is 2.38. The van der Waals surface area contributed by atoms with Crippen LogP contribution in [0.1, 0.15) is 36.1 Å². The second kappa shape index (κ2) is 4.60. The van der Waals surface area contributed by atoms with Crippen molar-refractivity contribution >= 4 is 11.3 Å². The van der Waals surface area contributed by atoms with E-state index in [1.54, 1.807) is 11.3 Å². The molecule has 0 amide bonds. The predicted octanol–water partition coefficient (Wildman–Crippen LogP) is 2.28. The maximum absolute atomic E-state index is 5.87. The van der Waals surface area contributed by atoms with Gasteiger partial charge in [-0.05, 0) is 33.2 Å². The highest BCUT2D eigenvalue weighted by Crippen LogP contribution is 2.36. The Hall–Kier alpha value is -0.450. The smallest absolute Gasteiger partial charge is 0.125 e. The molecule has 0 saturated carbocycles.